The van der Waals surface area contributed by atoms with Crippen LogP contribution >= 0.6 is 0 Å². The van der Waals surface area contributed by atoms with E-state index in [1.807, 2.05) is 81.7 Å². The van der Waals surface area contributed by atoms with Crippen LogP contribution in [0.15, 0.2) is 97.5 Å². The van der Waals surface area contributed by atoms with E-state index in [-0.39, 0.29) is 26.6 Å². The summed E-state index contributed by atoms with van der Waals surface area (Å²) >= 11 is 0. The average molecular weight is 764 g/mol. The van der Waals surface area contributed by atoms with Gasteiger partial charge in [0.25, 0.3) is 6.43 Å². The topological polar surface area (TPSA) is 44.9 Å². The number of pyridine rings is 1. The monoisotopic (exact) mass is 763 g/mol. The predicted molar refractivity (Wildman–Crippen MR) is 164 cm³/mol. The molecule has 4 aromatic carbocycles. The second-order valence-electron chi connectivity index (χ2n) is 10.6. The standard InChI is InChI=1S/C36H26F2N4O.Pt/c1-22-13-14-39-34(15-22)42-32-10-5-4-9-30(32)31-12-11-29(19-33(31)42)43-28-8-6-7-27(18-28)41-21-26(20-40-41)35-23(2)16-25(36(37)38)17-24(35)3;/h4-17,20-21,36H,1-3H3;/q-2;+2. The van der Waals surface area contributed by atoms with E-state index in [1.54, 1.807) is 10.9 Å². The summed E-state index contributed by atoms with van der Waals surface area (Å²) in [6, 6.07) is 31.6. The molecule has 5 nitrogen and oxygen atoms in total. The van der Waals surface area contributed by atoms with Crippen LogP contribution in [0.3, 0.4) is 0 Å². The van der Waals surface area contributed by atoms with Crippen LogP contribution < -0.4 is 4.74 Å². The molecule has 8 heteroatoms. The molecule has 0 spiro atoms. The minimum absolute atomic E-state index is 0. The van der Waals surface area contributed by atoms with Crippen molar-refractivity contribution < 1.29 is 34.6 Å². The molecule has 0 aliphatic rings. The molecule has 0 saturated heterocycles. The molecule has 0 bridgehead atoms. The molecular formula is C36H26F2N4OPt. The molecule has 7 rings (SSSR count). The Hall–Kier alpha value is -4.61. The molecule has 220 valence electrons. The van der Waals surface area contributed by atoms with Gasteiger partial charge in [-0.3, -0.25) is 4.68 Å². The Balaban J connectivity index is 0.00000343. The Labute approximate surface area is 268 Å². The first kappa shape index (κ1) is 29.5. The summed E-state index contributed by atoms with van der Waals surface area (Å²) in [4.78, 5) is 4.64. The number of para-hydroxylation sites is 1. The summed E-state index contributed by atoms with van der Waals surface area (Å²) in [5.74, 6) is 1.87. The molecule has 3 aromatic heterocycles. The molecule has 0 aliphatic heterocycles. The van der Waals surface area contributed by atoms with Crippen LogP contribution in [0.1, 0.15) is 28.7 Å². The van der Waals surface area contributed by atoms with Gasteiger partial charge in [-0.05, 0) is 84.4 Å². The molecule has 44 heavy (non-hydrogen) atoms. The summed E-state index contributed by atoms with van der Waals surface area (Å²) in [6.45, 7) is 5.73. The van der Waals surface area contributed by atoms with Crippen molar-refractivity contribution in [2.45, 2.75) is 27.2 Å². The smallest absolute Gasteiger partial charge is 0.509 e. The fourth-order valence-electron chi connectivity index (χ4n) is 5.72. The molecule has 3 heterocycles. The predicted octanol–water partition coefficient (Wildman–Crippen LogP) is 9.28. The molecule has 0 saturated carbocycles. The Kier molecular flexibility index (Phi) is 7.91. The van der Waals surface area contributed by atoms with E-state index >= 15 is 0 Å². The van der Waals surface area contributed by atoms with Crippen LogP contribution in [0.2, 0.25) is 0 Å². The van der Waals surface area contributed by atoms with Crippen molar-refractivity contribution in [3.05, 3.63) is 132 Å². The van der Waals surface area contributed by atoms with E-state index in [4.69, 9.17) is 4.74 Å². The van der Waals surface area contributed by atoms with E-state index in [0.29, 0.717) is 17.2 Å². The third-order valence-electron chi connectivity index (χ3n) is 7.58. The molecule has 0 N–H and O–H groups in total. The van der Waals surface area contributed by atoms with Crippen LogP contribution in [0.4, 0.5) is 8.78 Å². The van der Waals surface area contributed by atoms with E-state index in [0.717, 1.165) is 55.4 Å². The SMILES string of the molecule is Cc1ccnc(-n2c3[c-]c(Oc4[c-]c(-n5cc(-c6c(C)cc(C(F)F)cc6C)cn5)ccc4)ccc3c3ccccc32)c1.[Pt+2]. The van der Waals surface area contributed by atoms with E-state index < -0.39 is 6.43 Å². The van der Waals surface area contributed by atoms with E-state index in [2.05, 4.69) is 45.0 Å². The Morgan fingerprint density at radius 1 is 0.818 bits per heavy atom. The number of benzene rings is 4. The minimum atomic E-state index is -2.51. The third kappa shape index (κ3) is 5.33. The van der Waals surface area contributed by atoms with Gasteiger partial charge in [-0.1, -0.05) is 23.7 Å². The molecule has 0 unspecified atom stereocenters. The number of hydrogen-bond donors (Lipinski definition) is 0. The van der Waals surface area contributed by atoms with Crippen LogP contribution in [0.25, 0.3) is 44.4 Å². The van der Waals surface area contributed by atoms with Crippen molar-refractivity contribution in [3.63, 3.8) is 0 Å². The number of fused-ring (bicyclic) bond motifs is 3. The molecule has 0 atom stereocenters. The van der Waals surface area contributed by atoms with Gasteiger partial charge in [-0.15, -0.1) is 35.7 Å². The van der Waals surface area contributed by atoms with Gasteiger partial charge >= 0.3 is 21.1 Å². The van der Waals surface area contributed by atoms with Crippen molar-refractivity contribution in [2.75, 3.05) is 0 Å². The zero-order valence-corrected chi connectivity index (χ0v) is 26.4. The molecular weight excluding hydrogens is 737 g/mol. The summed E-state index contributed by atoms with van der Waals surface area (Å²) in [5, 5.41) is 6.70. The summed E-state index contributed by atoms with van der Waals surface area (Å²) in [7, 11) is 0. The average Bonchev–Trinajstić information content (AvgIpc) is 3.60. The number of alkyl halides is 2. The Morgan fingerprint density at radius 2 is 1.59 bits per heavy atom. The normalized spacial score (nSPS) is 11.3. The minimum Gasteiger partial charge on any atom is -0.509 e. The summed E-state index contributed by atoms with van der Waals surface area (Å²) < 4.78 is 36.6. The van der Waals surface area contributed by atoms with Crippen LogP contribution in [0.5, 0.6) is 11.5 Å². The van der Waals surface area contributed by atoms with Gasteiger partial charge in [0.1, 0.15) is 5.82 Å². The first-order valence-corrected chi connectivity index (χ1v) is 13.9. The maximum absolute atomic E-state index is 13.3. The number of rotatable bonds is 6. The van der Waals surface area contributed by atoms with Gasteiger partial charge < -0.3 is 9.30 Å². The number of nitrogens with zero attached hydrogens (tertiary/aromatic N) is 4. The van der Waals surface area contributed by atoms with Crippen molar-refractivity contribution >= 4 is 21.8 Å². The van der Waals surface area contributed by atoms with Gasteiger partial charge in [-0.2, -0.15) is 17.2 Å². The molecule has 0 radical (unpaired) electrons. The molecule has 7 aromatic rings. The van der Waals surface area contributed by atoms with Gasteiger partial charge in [0.05, 0.1) is 6.20 Å². The first-order chi connectivity index (χ1) is 20.9. The second-order valence-corrected chi connectivity index (χ2v) is 10.6. The van der Waals surface area contributed by atoms with E-state index in [9.17, 15) is 8.78 Å². The van der Waals surface area contributed by atoms with Crippen LogP contribution in [-0.4, -0.2) is 19.3 Å². The number of hydrogen-bond acceptors (Lipinski definition) is 3. The summed E-state index contributed by atoms with van der Waals surface area (Å²) in [5.41, 5.74) is 7.02. The van der Waals surface area contributed by atoms with E-state index in [1.165, 1.54) is 12.1 Å². The van der Waals surface area contributed by atoms with Gasteiger partial charge in [0.2, 0.25) is 0 Å². The first-order valence-electron chi connectivity index (χ1n) is 13.9. The quantitative estimate of drug-likeness (QED) is 0.159. The number of aryl methyl sites for hydroxylation is 3. The Morgan fingerprint density at radius 3 is 2.36 bits per heavy atom. The Bertz CT molecular complexity index is 2130. The van der Waals surface area contributed by atoms with Gasteiger partial charge in [-0.25, -0.2) is 13.8 Å². The fraction of sp³-hybridized carbons (Fsp3) is 0.111. The van der Waals surface area contributed by atoms with Gasteiger partial charge in [0.15, 0.2) is 0 Å². The number of aromatic nitrogens is 4. The number of ether oxygens (including phenoxy) is 1. The zero-order valence-electron chi connectivity index (χ0n) is 24.1. The third-order valence-corrected chi connectivity index (χ3v) is 7.58. The van der Waals surface area contributed by atoms with Gasteiger partial charge in [0, 0.05) is 40.5 Å². The van der Waals surface area contributed by atoms with Crippen molar-refractivity contribution in [2.24, 2.45) is 0 Å². The summed E-state index contributed by atoms with van der Waals surface area (Å²) in [6.07, 6.45) is 2.91. The molecule has 0 fully saturated rings. The maximum Gasteiger partial charge on any atom is 2.00 e. The molecule has 0 aliphatic carbocycles. The van der Waals surface area contributed by atoms with Crippen molar-refractivity contribution in [1.29, 1.82) is 0 Å². The van der Waals surface area contributed by atoms with Crippen molar-refractivity contribution in [1.82, 2.24) is 19.3 Å². The van der Waals surface area contributed by atoms with Crippen molar-refractivity contribution in [3.8, 4) is 34.1 Å². The van der Waals surface area contributed by atoms with Crippen LogP contribution in [0, 0.1) is 32.9 Å². The second kappa shape index (κ2) is 11.8. The number of halogens is 2. The fourth-order valence-corrected chi connectivity index (χ4v) is 5.72. The zero-order chi connectivity index (χ0) is 29.7. The van der Waals surface area contributed by atoms with Crippen LogP contribution in [-0.2, 0) is 21.1 Å². The molecule has 0 amide bonds. The maximum atomic E-state index is 13.3. The largest absolute Gasteiger partial charge is 2.00 e.